The highest BCUT2D eigenvalue weighted by Crippen LogP contribution is 2.16. The minimum Gasteiger partial charge on any atom is -0.365 e. The minimum atomic E-state index is 0.427. The fraction of sp³-hybridized carbons (Fsp3) is 0.200. The fourth-order valence-electron chi connectivity index (χ4n) is 1.90. The second-order valence-electron chi connectivity index (χ2n) is 4.21. The van der Waals surface area contributed by atoms with Crippen LogP contribution >= 0.6 is 0 Å². The smallest absolute Gasteiger partial charge is 0.140 e. The lowest BCUT2D eigenvalue weighted by Crippen LogP contribution is -2.29. The van der Waals surface area contributed by atoms with Crippen LogP contribution < -0.4 is 10.6 Å². The van der Waals surface area contributed by atoms with Crippen LogP contribution in [0.4, 0.5) is 5.69 Å². The van der Waals surface area contributed by atoms with Crippen LogP contribution in [0.2, 0.25) is 0 Å². The quantitative estimate of drug-likeness (QED) is 0.882. The lowest BCUT2D eigenvalue weighted by Gasteiger charge is -2.24. The van der Waals surface area contributed by atoms with Gasteiger partial charge in [-0.3, -0.25) is 0 Å². The standard InChI is InChI=1S/C15H16N4/c16-8-9-19(12-13-4-2-1-3-5-13)15-7-6-14(10-17)18-11-15/h1-7,11H,8-9,12,16H2. The molecule has 0 aliphatic rings. The van der Waals surface area contributed by atoms with Gasteiger partial charge in [0.2, 0.25) is 0 Å². The summed E-state index contributed by atoms with van der Waals surface area (Å²) in [6.07, 6.45) is 1.72. The maximum absolute atomic E-state index is 8.76. The lowest BCUT2D eigenvalue weighted by atomic mass is 10.2. The van der Waals surface area contributed by atoms with Crippen molar-refractivity contribution in [1.29, 1.82) is 5.26 Å². The Hall–Kier alpha value is -2.38. The molecular weight excluding hydrogens is 236 g/mol. The van der Waals surface area contributed by atoms with Crippen molar-refractivity contribution in [2.24, 2.45) is 5.73 Å². The molecule has 2 N–H and O–H groups in total. The number of nitrogens with zero attached hydrogens (tertiary/aromatic N) is 3. The SMILES string of the molecule is N#Cc1ccc(N(CCN)Cc2ccccc2)cn1. The van der Waals surface area contributed by atoms with Gasteiger partial charge >= 0.3 is 0 Å². The van der Waals surface area contributed by atoms with E-state index < -0.39 is 0 Å². The Morgan fingerprint density at radius 2 is 1.95 bits per heavy atom. The van der Waals surface area contributed by atoms with E-state index in [9.17, 15) is 0 Å². The summed E-state index contributed by atoms with van der Waals surface area (Å²) in [6.45, 7) is 2.11. The molecule has 2 aromatic rings. The van der Waals surface area contributed by atoms with Crippen LogP contribution in [0.5, 0.6) is 0 Å². The molecule has 0 aliphatic carbocycles. The maximum atomic E-state index is 8.76. The van der Waals surface area contributed by atoms with Gasteiger partial charge in [0.25, 0.3) is 0 Å². The Morgan fingerprint density at radius 3 is 2.53 bits per heavy atom. The van der Waals surface area contributed by atoms with Gasteiger partial charge in [0.15, 0.2) is 0 Å². The molecule has 1 aromatic carbocycles. The second kappa shape index (κ2) is 6.53. The molecule has 0 spiro atoms. The third-order valence-electron chi connectivity index (χ3n) is 2.84. The normalized spacial score (nSPS) is 9.89. The number of aromatic nitrogens is 1. The Balaban J connectivity index is 2.17. The number of benzene rings is 1. The summed E-state index contributed by atoms with van der Waals surface area (Å²) in [7, 11) is 0. The van der Waals surface area contributed by atoms with Gasteiger partial charge in [0.1, 0.15) is 11.8 Å². The highest BCUT2D eigenvalue weighted by molar-refractivity contribution is 5.46. The molecule has 1 heterocycles. The average molecular weight is 252 g/mol. The van der Waals surface area contributed by atoms with Gasteiger partial charge in [-0.05, 0) is 17.7 Å². The topological polar surface area (TPSA) is 65.9 Å². The van der Waals surface area contributed by atoms with E-state index in [1.165, 1.54) is 5.56 Å². The van der Waals surface area contributed by atoms with Crippen molar-refractivity contribution in [3.05, 3.63) is 59.9 Å². The summed E-state index contributed by atoms with van der Waals surface area (Å²) in [4.78, 5) is 6.25. The zero-order valence-corrected chi connectivity index (χ0v) is 10.7. The van der Waals surface area contributed by atoms with Gasteiger partial charge in [0.05, 0.1) is 11.9 Å². The molecule has 0 fully saturated rings. The van der Waals surface area contributed by atoms with Crippen molar-refractivity contribution in [2.45, 2.75) is 6.54 Å². The van der Waals surface area contributed by atoms with E-state index in [-0.39, 0.29) is 0 Å². The first kappa shape index (κ1) is 13.1. The van der Waals surface area contributed by atoms with Gasteiger partial charge < -0.3 is 10.6 Å². The third kappa shape index (κ3) is 3.54. The highest BCUT2D eigenvalue weighted by Gasteiger charge is 2.07. The number of hydrogen-bond acceptors (Lipinski definition) is 4. The fourth-order valence-corrected chi connectivity index (χ4v) is 1.90. The maximum Gasteiger partial charge on any atom is 0.140 e. The van der Waals surface area contributed by atoms with Crippen LogP contribution in [0.15, 0.2) is 48.7 Å². The van der Waals surface area contributed by atoms with Crippen molar-refractivity contribution in [1.82, 2.24) is 4.98 Å². The molecule has 0 saturated carbocycles. The Kier molecular flexibility index (Phi) is 4.49. The summed E-state index contributed by atoms with van der Waals surface area (Å²) in [5.74, 6) is 0. The molecule has 0 radical (unpaired) electrons. The number of rotatable bonds is 5. The van der Waals surface area contributed by atoms with E-state index in [4.69, 9.17) is 11.0 Å². The van der Waals surface area contributed by atoms with Crippen molar-refractivity contribution in [3.63, 3.8) is 0 Å². The molecule has 2 rings (SSSR count). The Morgan fingerprint density at radius 1 is 1.16 bits per heavy atom. The van der Waals surface area contributed by atoms with Gasteiger partial charge in [-0.2, -0.15) is 5.26 Å². The van der Waals surface area contributed by atoms with Crippen molar-refractivity contribution >= 4 is 5.69 Å². The van der Waals surface area contributed by atoms with Crippen molar-refractivity contribution < 1.29 is 0 Å². The predicted octanol–water partition coefficient (Wildman–Crippen LogP) is 1.92. The number of hydrogen-bond donors (Lipinski definition) is 1. The molecular formula is C15H16N4. The zero-order valence-electron chi connectivity index (χ0n) is 10.7. The average Bonchev–Trinajstić information content (AvgIpc) is 2.48. The van der Waals surface area contributed by atoms with Crippen LogP contribution in [0.1, 0.15) is 11.3 Å². The molecule has 0 amide bonds. The summed E-state index contributed by atoms with van der Waals surface area (Å²) >= 11 is 0. The first-order valence-corrected chi connectivity index (χ1v) is 6.18. The van der Waals surface area contributed by atoms with Gasteiger partial charge in [0, 0.05) is 19.6 Å². The molecule has 0 saturated heterocycles. The van der Waals surface area contributed by atoms with E-state index in [2.05, 4.69) is 22.0 Å². The molecule has 0 bridgehead atoms. The van der Waals surface area contributed by atoms with Gasteiger partial charge in [-0.15, -0.1) is 0 Å². The van der Waals surface area contributed by atoms with E-state index in [1.807, 2.05) is 30.3 Å². The zero-order chi connectivity index (χ0) is 13.5. The molecule has 96 valence electrons. The Labute approximate surface area is 113 Å². The number of pyridine rings is 1. The third-order valence-corrected chi connectivity index (χ3v) is 2.84. The predicted molar refractivity (Wildman–Crippen MR) is 75.5 cm³/mol. The van der Waals surface area contributed by atoms with Crippen molar-refractivity contribution in [3.8, 4) is 6.07 Å². The molecule has 1 aromatic heterocycles. The van der Waals surface area contributed by atoms with Crippen LogP contribution in [0.3, 0.4) is 0 Å². The van der Waals surface area contributed by atoms with Crippen molar-refractivity contribution in [2.75, 3.05) is 18.0 Å². The number of anilines is 1. The summed E-state index contributed by atoms with van der Waals surface area (Å²) in [5.41, 5.74) is 8.29. The first-order chi connectivity index (χ1) is 9.33. The number of nitrogens with two attached hydrogens (primary N) is 1. The van der Waals surface area contributed by atoms with Gasteiger partial charge in [-0.1, -0.05) is 30.3 Å². The Bertz CT molecular complexity index is 543. The lowest BCUT2D eigenvalue weighted by molar-refractivity contribution is 0.787. The summed E-state index contributed by atoms with van der Waals surface area (Å²) < 4.78 is 0. The van der Waals surface area contributed by atoms with E-state index in [1.54, 1.807) is 12.3 Å². The van der Waals surface area contributed by atoms with Crippen LogP contribution in [-0.2, 0) is 6.54 Å². The summed E-state index contributed by atoms with van der Waals surface area (Å²) in [5, 5.41) is 8.76. The van der Waals surface area contributed by atoms with E-state index >= 15 is 0 Å². The minimum absolute atomic E-state index is 0.427. The monoisotopic (exact) mass is 252 g/mol. The van der Waals surface area contributed by atoms with Gasteiger partial charge in [-0.25, -0.2) is 4.98 Å². The van der Waals surface area contributed by atoms with E-state index in [0.717, 1.165) is 18.8 Å². The van der Waals surface area contributed by atoms with Crippen LogP contribution in [0.25, 0.3) is 0 Å². The van der Waals surface area contributed by atoms with E-state index in [0.29, 0.717) is 12.2 Å². The largest absolute Gasteiger partial charge is 0.365 e. The molecule has 4 nitrogen and oxygen atoms in total. The number of nitriles is 1. The molecule has 0 aliphatic heterocycles. The molecule has 4 heteroatoms. The first-order valence-electron chi connectivity index (χ1n) is 6.18. The second-order valence-corrected chi connectivity index (χ2v) is 4.21. The molecule has 0 unspecified atom stereocenters. The highest BCUT2D eigenvalue weighted by atomic mass is 15.1. The summed E-state index contributed by atoms with van der Waals surface area (Å²) in [6, 6.07) is 15.9. The molecule has 19 heavy (non-hydrogen) atoms. The van der Waals surface area contributed by atoms with Crippen LogP contribution in [-0.4, -0.2) is 18.1 Å². The molecule has 0 atom stereocenters. The van der Waals surface area contributed by atoms with Crippen LogP contribution in [0, 0.1) is 11.3 Å².